The molecule has 0 bridgehead atoms. The summed E-state index contributed by atoms with van der Waals surface area (Å²) >= 11 is 0. The number of hydrogen-bond acceptors (Lipinski definition) is 3. The smallest absolute Gasteiger partial charge is 0.163 e. The molecule has 1 saturated heterocycles. The van der Waals surface area contributed by atoms with Gasteiger partial charge in [-0.3, -0.25) is 4.79 Å². The number of benzene rings is 1. The quantitative estimate of drug-likeness (QED) is 0.729. The minimum atomic E-state index is -0.108. The van der Waals surface area contributed by atoms with E-state index >= 15 is 0 Å². The molecule has 0 N–H and O–H groups in total. The lowest BCUT2D eigenvalue weighted by Gasteiger charge is -2.42. The van der Waals surface area contributed by atoms with Crippen molar-refractivity contribution in [2.45, 2.75) is 58.2 Å². The number of carbonyl (C=O) groups is 1. The second-order valence-corrected chi connectivity index (χ2v) is 7.88. The van der Waals surface area contributed by atoms with Crippen LogP contribution in [0.3, 0.4) is 0 Å². The van der Waals surface area contributed by atoms with Crippen molar-refractivity contribution < 1.29 is 14.3 Å². The number of Topliss-reactive ketones (excluding diaryl/α,β-unsaturated/α-hetero) is 1. The van der Waals surface area contributed by atoms with Gasteiger partial charge in [0.25, 0.3) is 0 Å². The van der Waals surface area contributed by atoms with Crippen LogP contribution in [0.2, 0.25) is 0 Å². The Labute approximate surface area is 132 Å². The van der Waals surface area contributed by atoms with Crippen molar-refractivity contribution in [3.05, 3.63) is 28.8 Å². The van der Waals surface area contributed by atoms with Crippen LogP contribution in [0.25, 0.3) is 0 Å². The van der Waals surface area contributed by atoms with Crippen LogP contribution in [-0.4, -0.2) is 18.5 Å². The Morgan fingerprint density at radius 1 is 1.27 bits per heavy atom. The summed E-state index contributed by atoms with van der Waals surface area (Å²) in [5, 5.41) is 0. The summed E-state index contributed by atoms with van der Waals surface area (Å²) < 4.78 is 11.8. The van der Waals surface area contributed by atoms with Gasteiger partial charge < -0.3 is 9.47 Å². The summed E-state index contributed by atoms with van der Waals surface area (Å²) in [6.45, 7) is 6.59. The highest BCUT2D eigenvalue weighted by molar-refractivity contribution is 5.99. The fraction of sp³-hybridized carbons (Fsp3) is 0.632. The van der Waals surface area contributed by atoms with E-state index in [4.69, 9.17) is 9.47 Å². The molecular formula is C19H24O3. The molecule has 2 fully saturated rings. The van der Waals surface area contributed by atoms with Crippen LogP contribution in [0.1, 0.15) is 67.1 Å². The molecule has 3 atom stereocenters. The maximum atomic E-state index is 12.9. The first kappa shape index (κ1) is 14.3. The molecule has 1 aliphatic heterocycles. The van der Waals surface area contributed by atoms with Crippen molar-refractivity contribution in [2.24, 2.45) is 11.3 Å². The number of methoxy groups -OCH3 is 1. The molecule has 1 spiro atoms. The van der Waals surface area contributed by atoms with E-state index in [1.54, 1.807) is 7.11 Å². The molecule has 1 heterocycles. The van der Waals surface area contributed by atoms with Crippen molar-refractivity contribution in [2.75, 3.05) is 7.11 Å². The molecule has 3 aliphatic rings. The molecule has 0 amide bonds. The molecule has 3 heteroatoms. The number of ketones is 1. The van der Waals surface area contributed by atoms with Gasteiger partial charge in [-0.25, -0.2) is 0 Å². The second-order valence-electron chi connectivity index (χ2n) is 7.88. The van der Waals surface area contributed by atoms with E-state index in [-0.39, 0.29) is 22.9 Å². The zero-order valence-electron chi connectivity index (χ0n) is 13.9. The molecule has 2 aliphatic carbocycles. The summed E-state index contributed by atoms with van der Waals surface area (Å²) in [4.78, 5) is 12.9. The first-order valence-electron chi connectivity index (χ1n) is 8.28. The maximum Gasteiger partial charge on any atom is 0.163 e. The van der Waals surface area contributed by atoms with E-state index in [9.17, 15) is 4.79 Å². The van der Waals surface area contributed by atoms with Crippen molar-refractivity contribution in [3.63, 3.8) is 0 Å². The molecule has 4 rings (SSSR count). The van der Waals surface area contributed by atoms with Crippen LogP contribution < -0.4 is 4.74 Å². The van der Waals surface area contributed by atoms with E-state index in [1.165, 1.54) is 12.8 Å². The van der Waals surface area contributed by atoms with E-state index < -0.39 is 0 Å². The van der Waals surface area contributed by atoms with Crippen LogP contribution in [0.4, 0.5) is 0 Å². The standard InChI is InChI=1S/C19H24O3/c1-11-8-12-13(9-15(11)21-4)17-19(22-17)7-5-6-18(2,3)16(19)10-14(12)20/h8-9,16-17H,5-7,10H2,1-4H3. The van der Waals surface area contributed by atoms with Crippen LogP contribution in [0.5, 0.6) is 5.75 Å². The molecule has 0 aromatic heterocycles. The van der Waals surface area contributed by atoms with Crippen molar-refractivity contribution in [3.8, 4) is 5.75 Å². The van der Waals surface area contributed by atoms with Crippen LogP contribution >= 0.6 is 0 Å². The zero-order chi connectivity index (χ0) is 15.7. The number of ether oxygens (including phenoxy) is 2. The van der Waals surface area contributed by atoms with Gasteiger partial charge in [-0.05, 0) is 54.9 Å². The van der Waals surface area contributed by atoms with Gasteiger partial charge in [0.05, 0.1) is 7.11 Å². The summed E-state index contributed by atoms with van der Waals surface area (Å²) in [5.74, 6) is 1.45. The van der Waals surface area contributed by atoms with Gasteiger partial charge in [-0.1, -0.05) is 13.8 Å². The third-order valence-corrected chi connectivity index (χ3v) is 6.19. The Morgan fingerprint density at radius 2 is 2.05 bits per heavy atom. The average molecular weight is 300 g/mol. The van der Waals surface area contributed by atoms with Gasteiger partial charge in [0, 0.05) is 17.9 Å². The molecule has 1 aromatic rings. The topological polar surface area (TPSA) is 38.8 Å². The largest absolute Gasteiger partial charge is 0.496 e. The highest BCUT2D eigenvalue weighted by atomic mass is 16.6. The van der Waals surface area contributed by atoms with E-state index in [1.807, 2.05) is 19.1 Å². The highest BCUT2D eigenvalue weighted by Crippen LogP contribution is 2.67. The summed E-state index contributed by atoms with van der Waals surface area (Å²) in [7, 11) is 1.68. The minimum Gasteiger partial charge on any atom is -0.496 e. The number of rotatable bonds is 1. The Morgan fingerprint density at radius 3 is 2.77 bits per heavy atom. The number of aryl methyl sites for hydroxylation is 1. The molecule has 118 valence electrons. The van der Waals surface area contributed by atoms with Crippen molar-refractivity contribution in [1.82, 2.24) is 0 Å². The first-order chi connectivity index (χ1) is 10.4. The monoisotopic (exact) mass is 300 g/mol. The third kappa shape index (κ3) is 1.75. The molecular weight excluding hydrogens is 276 g/mol. The van der Waals surface area contributed by atoms with Gasteiger partial charge in [0.1, 0.15) is 17.5 Å². The van der Waals surface area contributed by atoms with Crippen molar-refractivity contribution >= 4 is 5.78 Å². The SMILES string of the molecule is COc1cc2c(cc1C)C(=O)CC1C(C)(C)CCCC13OC23. The lowest BCUT2D eigenvalue weighted by molar-refractivity contribution is 0.0353. The molecule has 0 radical (unpaired) electrons. The Kier molecular flexibility index (Phi) is 2.82. The molecule has 1 saturated carbocycles. The molecule has 3 unspecified atom stereocenters. The Balaban J connectivity index is 1.86. The fourth-order valence-corrected chi connectivity index (χ4v) is 4.92. The van der Waals surface area contributed by atoms with Crippen molar-refractivity contribution in [1.29, 1.82) is 0 Å². The van der Waals surface area contributed by atoms with Crippen LogP contribution in [-0.2, 0) is 4.74 Å². The predicted molar refractivity (Wildman–Crippen MR) is 84.4 cm³/mol. The number of hydrogen-bond donors (Lipinski definition) is 0. The predicted octanol–water partition coefficient (Wildman–Crippen LogP) is 4.23. The third-order valence-electron chi connectivity index (χ3n) is 6.19. The summed E-state index contributed by atoms with van der Waals surface area (Å²) in [5.41, 5.74) is 2.98. The highest BCUT2D eigenvalue weighted by Gasteiger charge is 2.68. The fourth-order valence-electron chi connectivity index (χ4n) is 4.92. The van der Waals surface area contributed by atoms with Crippen LogP contribution in [0.15, 0.2) is 12.1 Å². The number of epoxide rings is 1. The van der Waals surface area contributed by atoms with Gasteiger partial charge in [0.2, 0.25) is 0 Å². The van der Waals surface area contributed by atoms with Gasteiger partial charge in [0.15, 0.2) is 5.78 Å². The van der Waals surface area contributed by atoms with E-state index in [0.29, 0.717) is 12.3 Å². The van der Waals surface area contributed by atoms with E-state index in [0.717, 1.165) is 28.9 Å². The molecule has 22 heavy (non-hydrogen) atoms. The Bertz CT molecular complexity index is 661. The summed E-state index contributed by atoms with van der Waals surface area (Å²) in [6, 6.07) is 4.03. The lowest BCUT2D eigenvalue weighted by atomic mass is 9.61. The van der Waals surface area contributed by atoms with E-state index in [2.05, 4.69) is 13.8 Å². The number of fused-ring (bicyclic) bond motifs is 2. The number of carbonyl (C=O) groups excluding carboxylic acids is 1. The van der Waals surface area contributed by atoms with Gasteiger partial charge in [-0.15, -0.1) is 0 Å². The van der Waals surface area contributed by atoms with Gasteiger partial charge >= 0.3 is 0 Å². The normalized spacial score (nSPS) is 35.0. The average Bonchev–Trinajstić information content (AvgIpc) is 3.17. The first-order valence-corrected chi connectivity index (χ1v) is 8.28. The lowest BCUT2D eigenvalue weighted by Crippen LogP contribution is -2.41. The Hall–Kier alpha value is -1.35. The van der Waals surface area contributed by atoms with Gasteiger partial charge in [-0.2, -0.15) is 0 Å². The summed E-state index contributed by atoms with van der Waals surface area (Å²) in [6.07, 6.45) is 4.14. The zero-order valence-corrected chi connectivity index (χ0v) is 13.9. The minimum absolute atomic E-state index is 0.0769. The van der Waals surface area contributed by atoms with Crippen LogP contribution in [0, 0.1) is 18.3 Å². The second kappa shape index (κ2) is 4.35. The molecule has 3 nitrogen and oxygen atoms in total. The maximum absolute atomic E-state index is 12.9. The molecule has 1 aromatic carbocycles.